The number of aryl methyl sites for hydroxylation is 2. The Morgan fingerprint density at radius 2 is 1.89 bits per heavy atom. The monoisotopic (exact) mass is 295 g/mol. The molecule has 5 heteroatoms. The number of hydrogen-bond acceptors (Lipinski definition) is 5. The maximum Gasteiger partial charge on any atom is 0.116 e. The minimum absolute atomic E-state index is 0.102. The molecule has 2 heterocycles. The fourth-order valence-corrected chi connectivity index (χ4v) is 3.76. The Bertz CT molecular complexity index is 544. The lowest BCUT2D eigenvalue weighted by Crippen LogP contribution is -2.19. The second-order valence-electron chi connectivity index (χ2n) is 5.74. The quantitative estimate of drug-likeness (QED) is 0.935. The largest absolute Gasteiger partial charge is 0.306 e. The molecule has 0 amide bonds. The average Bonchev–Trinajstić information content (AvgIpc) is 2.88. The summed E-state index contributed by atoms with van der Waals surface area (Å²) in [5.41, 5.74) is 2.30. The van der Waals surface area contributed by atoms with Gasteiger partial charge in [0.25, 0.3) is 0 Å². The van der Waals surface area contributed by atoms with Crippen molar-refractivity contribution in [1.82, 2.24) is 15.3 Å². The summed E-state index contributed by atoms with van der Waals surface area (Å²) in [5, 5.41) is 7.75. The highest BCUT2D eigenvalue weighted by atomic mass is 32.1. The first-order valence-corrected chi connectivity index (χ1v) is 8.09. The predicted molar refractivity (Wildman–Crippen MR) is 83.3 cm³/mol. The zero-order valence-electron chi connectivity index (χ0n) is 12.4. The van der Waals surface area contributed by atoms with Gasteiger partial charge >= 0.3 is 0 Å². The van der Waals surface area contributed by atoms with Gasteiger partial charge in [0.1, 0.15) is 11.0 Å². The summed E-state index contributed by atoms with van der Waals surface area (Å²) in [6.45, 7) is 10.8. The molecule has 1 atom stereocenters. The van der Waals surface area contributed by atoms with E-state index in [2.05, 4.69) is 50.3 Å². The third-order valence-electron chi connectivity index (χ3n) is 3.04. The van der Waals surface area contributed by atoms with Crippen LogP contribution in [0.5, 0.6) is 0 Å². The maximum absolute atomic E-state index is 4.79. The molecule has 2 aromatic rings. The van der Waals surface area contributed by atoms with Crippen LogP contribution in [0.2, 0.25) is 0 Å². The first kappa shape index (κ1) is 14.6. The summed E-state index contributed by atoms with van der Waals surface area (Å²) >= 11 is 3.48. The standard InChI is InChI=1S/C14H21N3S2/c1-8-9(2)19-12(16-8)11(15-6)10-7-18-13(17-10)14(3,4)5/h7,11,15H,1-6H3. The molecule has 0 bridgehead atoms. The Balaban J connectivity index is 2.35. The molecule has 2 rings (SSSR count). The summed E-state index contributed by atoms with van der Waals surface area (Å²) < 4.78 is 0. The van der Waals surface area contributed by atoms with Crippen molar-refractivity contribution < 1.29 is 0 Å². The van der Waals surface area contributed by atoms with Gasteiger partial charge in [-0.3, -0.25) is 0 Å². The van der Waals surface area contributed by atoms with E-state index in [0.717, 1.165) is 16.4 Å². The molecular formula is C14H21N3S2. The van der Waals surface area contributed by atoms with Crippen LogP contribution in [0.3, 0.4) is 0 Å². The summed E-state index contributed by atoms with van der Waals surface area (Å²) in [6.07, 6.45) is 0. The molecule has 0 aromatic carbocycles. The maximum atomic E-state index is 4.79. The molecule has 2 aromatic heterocycles. The molecule has 0 spiro atoms. The first-order chi connectivity index (χ1) is 8.82. The van der Waals surface area contributed by atoms with Crippen LogP contribution in [-0.2, 0) is 5.41 Å². The van der Waals surface area contributed by atoms with Crippen molar-refractivity contribution in [2.45, 2.75) is 46.1 Å². The van der Waals surface area contributed by atoms with E-state index in [0.29, 0.717) is 0 Å². The third kappa shape index (κ3) is 3.04. The smallest absolute Gasteiger partial charge is 0.116 e. The van der Waals surface area contributed by atoms with Crippen molar-refractivity contribution in [2.75, 3.05) is 7.05 Å². The zero-order chi connectivity index (χ0) is 14.2. The Labute approximate surface area is 123 Å². The van der Waals surface area contributed by atoms with Gasteiger partial charge in [0.15, 0.2) is 0 Å². The second kappa shape index (κ2) is 5.31. The van der Waals surface area contributed by atoms with E-state index in [-0.39, 0.29) is 11.5 Å². The summed E-state index contributed by atoms with van der Waals surface area (Å²) in [5.74, 6) is 0. The van der Waals surface area contributed by atoms with Crippen molar-refractivity contribution in [2.24, 2.45) is 0 Å². The fourth-order valence-electron chi connectivity index (χ4n) is 1.78. The molecular weight excluding hydrogens is 274 g/mol. The topological polar surface area (TPSA) is 37.8 Å². The van der Waals surface area contributed by atoms with E-state index in [1.807, 2.05) is 7.05 Å². The molecule has 19 heavy (non-hydrogen) atoms. The zero-order valence-corrected chi connectivity index (χ0v) is 14.0. The van der Waals surface area contributed by atoms with Crippen molar-refractivity contribution >= 4 is 22.7 Å². The van der Waals surface area contributed by atoms with E-state index < -0.39 is 0 Å². The molecule has 3 nitrogen and oxygen atoms in total. The molecule has 0 aliphatic heterocycles. The lowest BCUT2D eigenvalue weighted by atomic mass is 9.98. The number of nitrogens with zero attached hydrogens (tertiary/aromatic N) is 2. The number of rotatable bonds is 3. The molecule has 0 aliphatic rings. The minimum atomic E-state index is 0.102. The van der Waals surface area contributed by atoms with Gasteiger partial charge in [-0.15, -0.1) is 22.7 Å². The van der Waals surface area contributed by atoms with E-state index in [1.54, 1.807) is 22.7 Å². The summed E-state index contributed by atoms with van der Waals surface area (Å²) in [4.78, 5) is 10.7. The number of thiazole rings is 2. The van der Waals surface area contributed by atoms with Gasteiger partial charge in [-0.05, 0) is 20.9 Å². The average molecular weight is 295 g/mol. The molecule has 0 saturated carbocycles. The highest BCUT2D eigenvalue weighted by molar-refractivity contribution is 7.12. The Hall–Kier alpha value is -0.780. The van der Waals surface area contributed by atoms with Gasteiger partial charge in [-0.1, -0.05) is 20.8 Å². The highest BCUT2D eigenvalue weighted by Crippen LogP contribution is 2.32. The Morgan fingerprint density at radius 3 is 2.32 bits per heavy atom. The molecule has 1 unspecified atom stereocenters. The lowest BCUT2D eigenvalue weighted by Gasteiger charge is -2.15. The molecule has 1 N–H and O–H groups in total. The van der Waals surface area contributed by atoms with Crippen molar-refractivity contribution in [3.63, 3.8) is 0 Å². The van der Waals surface area contributed by atoms with Crippen LogP contribution in [0.1, 0.15) is 53.1 Å². The van der Waals surface area contributed by atoms with Crippen LogP contribution >= 0.6 is 22.7 Å². The molecule has 0 saturated heterocycles. The van der Waals surface area contributed by atoms with Crippen LogP contribution in [-0.4, -0.2) is 17.0 Å². The number of aromatic nitrogens is 2. The highest BCUT2D eigenvalue weighted by Gasteiger charge is 2.23. The van der Waals surface area contributed by atoms with Gasteiger partial charge in [0.05, 0.1) is 16.4 Å². The molecule has 104 valence electrons. The second-order valence-corrected chi connectivity index (χ2v) is 7.84. The third-order valence-corrected chi connectivity index (χ3v) is 5.46. The van der Waals surface area contributed by atoms with Gasteiger partial charge < -0.3 is 5.32 Å². The minimum Gasteiger partial charge on any atom is -0.306 e. The van der Waals surface area contributed by atoms with Gasteiger partial charge in [0.2, 0.25) is 0 Å². The van der Waals surface area contributed by atoms with Crippen LogP contribution in [0.4, 0.5) is 0 Å². The predicted octanol–water partition coefficient (Wildman–Crippen LogP) is 3.82. The van der Waals surface area contributed by atoms with E-state index >= 15 is 0 Å². The fraction of sp³-hybridized carbons (Fsp3) is 0.571. The molecule has 0 radical (unpaired) electrons. The van der Waals surface area contributed by atoms with Crippen LogP contribution in [0, 0.1) is 13.8 Å². The van der Waals surface area contributed by atoms with Crippen LogP contribution < -0.4 is 5.32 Å². The number of nitrogens with one attached hydrogen (secondary N) is 1. The van der Waals surface area contributed by atoms with Gasteiger partial charge in [-0.25, -0.2) is 9.97 Å². The normalized spacial score (nSPS) is 13.8. The SMILES string of the molecule is CNC(c1csc(C(C)(C)C)n1)c1nc(C)c(C)s1. The van der Waals surface area contributed by atoms with Crippen LogP contribution in [0.15, 0.2) is 5.38 Å². The van der Waals surface area contributed by atoms with Gasteiger partial charge in [0, 0.05) is 15.7 Å². The van der Waals surface area contributed by atoms with Gasteiger partial charge in [-0.2, -0.15) is 0 Å². The van der Waals surface area contributed by atoms with Crippen molar-refractivity contribution in [1.29, 1.82) is 0 Å². The van der Waals surface area contributed by atoms with Crippen LogP contribution in [0.25, 0.3) is 0 Å². The first-order valence-electron chi connectivity index (χ1n) is 6.40. The number of hydrogen-bond donors (Lipinski definition) is 1. The van der Waals surface area contributed by atoms with Crippen molar-refractivity contribution in [3.8, 4) is 0 Å². The van der Waals surface area contributed by atoms with E-state index in [4.69, 9.17) is 4.98 Å². The summed E-state index contributed by atoms with van der Waals surface area (Å²) in [7, 11) is 1.97. The summed E-state index contributed by atoms with van der Waals surface area (Å²) in [6, 6.07) is 0.102. The van der Waals surface area contributed by atoms with E-state index in [9.17, 15) is 0 Å². The molecule has 0 aliphatic carbocycles. The molecule has 0 fully saturated rings. The van der Waals surface area contributed by atoms with Crippen molar-refractivity contribution in [3.05, 3.63) is 31.7 Å². The lowest BCUT2D eigenvalue weighted by molar-refractivity contribution is 0.576. The Kier molecular flexibility index (Phi) is 4.08. The Morgan fingerprint density at radius 1 is 1.21 bits per heavy atom. The van der Waals surface area contributed by atoms with E-state index in [1.165, 1.54) is 9.88 Å².